The Morgan fingerprint density at radius 3 is 0.929 bits per heavy atom. The second-order valence-electron chi connectivity index (χ2n) is 1.31. The Balaban J connectivity index is -0.0000000482. The molecule has 0 aromatic carbocycles. The first-order chi connectivity index (χ1) is 6.29. The van der Waals surface area contributed by atoms with Gasteiger partial charge in [-0.05, 0) is 13.8 Å². The lowest BCUT2D eigenvalue weighted by molar-refractivity contribution is 0.204. The van der Waals surface area contributed by atoms with Gasteiger partial charge in [0, 0.05) is 13.2 Å². The first-order valence-corrected chi connectivity index (χ1v) is 3.48. The number of carbonyl (C=O) groups is 2. The summed E-state index contributed by atoms with van der Waals surface area (Å²) in [5.74, 6) is 0. The lowest BCUT2D eigenvalue weighted by Crippen LogP contribution is -2.03. The van der Waals surface area contributed by atoms with Crippen molar-refractivity contribution in [3.8, 4) is 0 Å². The summed E-state index contributed by atoms with van der Waals surface area (Å²) in [6.07, 6.45) is -2.67. The van der Waals surface area contributed by atoms with E-state index in [9.17, 15) is 0 Å². The van der Waals surface area contributed by atoms with Crippen molar-refractivity contribution in [1.82, 2.24) is 0 Å². The molecule has 8 heteroatoms. The molecule has 0 saturated heterocycles. The van der Waals surface area contributed by atoms with Crippen LogP contribution in [0.1, 0.15) is 13.8 Å². The van der Waals surface area contributed by atoms with E-state index in [1.165, 1.54) is 0 Å². The molecule has 0 radical (unpaired) electrons. The molecule has 0 fully saturated rings. The Bertz CT molecular complexity index is 96.9. The van der Waals surface area contributed by atoms with Gasteiger partial charge in [-0.1, -0.05) is 0 Å². The van der Waals surface area contributed by atoms with E-state index >= 15 is 0 Å². The molecule has 0 aromatic rings. The molecule has 0 saturated carbocycles. The van der Waals surface area contributed by atoms with Gasteiger partial charge in [-0.25, -0.2) is 9.59 Å². The van der Waals surface area contributed by atoms with Crippen LogP contribution in [-0.4, -0.2) is 45.8 Å². The first-order valence-electron chi connectivity index (χ1n) is 3.48. The summed E-state index contributed by atoms with van der Waals surface area (Å²) in [5.41, 5.74) is 8.06. The van der Waals surface area contributed by atoms with E-state index in [1.807, 2.05) is 0 Å². The second kappa shape index (κ2) is 30.0. The fraction of sp³-hybridized carbons (Fsp3) is 0.667. The van der Waals surface area contributed by atoms with E-state index < -0.39 is 12.2 Å². The van der Waals surface area contributed by atoms with E-state index in [0.29, 0.717) is 0 Å². The van der Waals surface area contributed by atoms with Crippen molar-refractivity contribution in [2.24, 2.45) is 11.5 Å². The largest absolute Gasteiger partial charge is 0.465 e. The van der Waals surface area contributed by atoms with Crippen LogP contribution in [-0.2, 0) is 0 Å². The van der Waals surface area contributed by atoms with Crippen molar-refractivity contribution < 1.29 is 30.0 Å². The van der Waals surface area contributed by atoms with Crippen molar-refractivity contribution in [3.63, 3.8) is 0 Å². The third-order valence-corrected chi connectivity index (χ3v) is 0. The first kappa shape index (κ1) is 22.9. The van der Waals surface area contributed by atoms with Crippen LogP contribution in [0.25, 0.3) is 0 Å². The zero-order valence-electron chi connectivity index (χ0n) is 8.17. The lowest BCUT2D eigenvalue weighted by atomic mass is 10.9. The SMILES string of the molecule is CCO.CCO.NC(=O)O.NC(=O)O. The normalized spacial score (nSPS) is 6.00. The van der Waals surface area contributed by atoms with Gasteiger partial charge in [-0.2, -0.15) is 0 Å². The molecular formula is C6H18N2O6. The molecule has 2 amide bonds. The summed E-state index contributed by atoms with van der Waals surface area (Å²) >= 11 is 0. The van der Waals surface area contributed by atoms with Crippen LogP contribution >= 0.6 is 0 Å². The van der Waals surface area contributed by atoms with Crippen molar-refractivity contribution in [3.05, 3.63) is 0 Å². The Kier molecular flexibility index (Phi) is 49.1. The number of amides is 2. The highest BCUT2D eigenvalue weighted by molar-refractivity contribution is 5.61. The van der Waals surface area contributed by atoms with Crippen LogP contribution in [0.5, 0.6) is 0 Å². The fourth-order valence-corrected chi connectivity index (χ4v) is 0. The molecule has 0 atom stereocenters. The van der Waals surface area contributed by atoms with Crippen molar-refractivity contribution >= 4 is 12.2 Å². The highest BCUT2D eigenvalue weighted by atomic mass is 16.4. The molecular weight excluding hydrogens is 196 g/mol. The molecule has 0 aliphatic rings. The summed E-state index contributed by atoms with van der Waals surface area (Å²) < 4.78 is 0. The minimum atomic E-state index is -1.33. The van der Waals surface area contributed by atoms with Crippen LogP contribution in [0, 0.1) is 0 Å². The maximum atomic E-state index is 8.78. The smallest absolute Gasteiger partial charge is 0.402 e. The molecule has 8 nitrogen and oxygen atoms in total. The number of carboxylic acid groups (broad SMARTS) is 2. The fourth-order valence-electron chi connectivity index (χ4n) is 0. The van der Waals surface area contributed by atoms with Gasteiger partial charge in [-0.3, -0.25) is 0 Å². The standard InChI is InChI=1S/2C2H6O.2CH3NO2/c2*1-2-3;2*2-1(3)4/h2*3H,2H2,1H3;2*2H2,(H,3,4). The van der Waals surface area contributed by atoms with Crippen molar-refractivity contribution in [2.75, 3.05) is 13.2 Å². The zero-order chi connectivity index (χ0) is 12.6. The van der Waals surface area contributed by atoms with Gasteiger partial charge in [-0.15, -0.1) is 0 Å². The highest BCUT2D eigenvalue weighted by Crippen LogP contribution is 1.35. The van der Waals surface area contributed by atoms with Gasteiger partial charge in [0.05, 0.1) is 0 Å². The summed E-state index contributed by atoms with van der Waals surface area (Å²) in [6.45, 7) is 3.86. The van der Waals surface area contributed by atoms with Gasteiger partial charge in [0.15, 0.2) is 0 Å². The molecule has 0 aromatic heterocycles. The molecule has 0 bridgehead atoms. The van der Waals surface area contributed by atoms with E-state index in [1.54, 1.807) is 13.8 Å². The third-order valence-electron chi connectivity index (χ3n) is 0. The molecule has 0 heterocycles. The number of nitrogens with two attached hydrogens (primary N) is 2. The van der Waals surface area contributed by atoms with Crippen molar-refractivity contribution in [2.45, 2.75) is 13.8 Å². The third kappa shape index (κ3) is 395. The molecule has 8 N–H and O–H groups in total. The minimum absolute atomic E-state index is 0.250. The van der Waals surface area contributed by atoms with E-state index in [-0.39, 0.29) is 13.2 Å². The minimum Gasteiger partial charge on any atom is -0.465 e. The molecule has 0 rings (SSSR count). The summed E-state index contributed by atoms with van der Waals surface area (Å²) in [4.78, 5) is 17.6. The molecule has 88 valence electrons. The molecule has 0 spiro atoms. The Morgan fingerprint density at radius 2 is 0.929 bits per heavy atom. The number of aliphatic hydroxyl groups excluding tert-OH is 2. The average molecular weight is 214 g/mol. The Hall–Kier alpha value is -1.54. The second-order valence-corrected chi connectivity index (χ2v) is 1.31. The van der Waals surface area contributed by atoms with Crippen LogP contribution in [0.4, 0.5) is 9.59 Å². The molecule has 14 heavy (non-hydrogen) atoms. The summed E-state index contributed by atoms with van der Waals surface area (Å²) in [5, 5.41) is 29.5. The maximum absolute atomic E-state index is 8.78. The molecule has 0 unspecified atom stereocenters. The van der Waals surface area contributed by atoms with Crippen molar-refractivity contribution in [1.29, 1.82) is 0 Å². The van der Waals surface area contributed by atoms with Crippen LogP contribution in [0.3, 0.4) is 0 Å². The monoisotopic (exact) mass is 214 g/mol. The van der Waals surface area contributed by atoms with Crippen LogP contribution < -0.4 is 11.5 Å². The Labute approximate surface area is 81.8 Å². The van der Waals surface area contributed by atoms with Gasteiger partial charge in [0.25, 0.3) is 0 Å². The van der Waals surface area contributed by atoms with Gasteiger partial charge in [0.2, 0.25) is 0 Å². The predicted molar refractivity (Wildman–Crippen MR) is 49.9 cm³/mol. The maximum Gasteiger partial charge on any atom is 0.402 e. The van der Waals surface area contributed by atoms with E-state index in [0.717, 1.165) is 0 Å². The number of aliphatic hydroxyl groups is 2. The Morgan fingerprint density at radius 1 is 0.929 bits per heavy atom. The van der Waals surface area contributed by atoms with E-state index in [2.05, 4.69) is 11.5 Å². The highest BCUT2D eigenvalue weighted by Gasteiger charge is 1.65. The number of primary amides is 2. The summed E-state index contributed by atoms with van der Waals surface area (Å²) in [7, 11) is 0. The molecule has 0 aliphatic heterocycles. The predicted octanol–water partition coefficient (Wildman–Crippen LogP) is -0.757. The summed E-state index contributed by atoms with van der Waals surface area (Å²) in [6, 6.07) is 0. The van der Waals surface area contributed by atoms with Gasteiger partial charge < -0.3 is 31.9 Å². The lowest BCUT2D eigenvalue weighted by Gasteiger charge is -1.61. The number of rotatable bonds is 0. The number of hydrogen-bond acceptors (Lipinski definition) is 4. The quantitative estimate of drug-likeness (QED) is 0.310. The molecule has 0 aliphatic carbocycles. The zero-order valence-corrected chi connectivity index (χ0v) is 8.17. The van der Waals surface area contributed by atoms with Gasteiger partial charge in [0.1, 0.15) is 0 Å². The number of hydrogen-bond donors (Lipinski definition) is 6. The van der Waals surface area contributed by atoms with Crippen LogP contribution in [0.15, 0.2) is 0 Å². The van der Waals surface area contributed by atoms with Gasteiger partial charge >= 0.3 is 12.2 Å². The van der Waals surface area contributed by atoms with Crippen LogP contribution in [0.2, 0.25) is 0 Å². The topological polar surface area (TPSA) is 167 Å². The van der Waals surface area contributed by atoms with E-state index in [4.69, 9.17) is 30.0 Å². The average Bonchev–Trinajstić information content (AvgIpc) is 1.85.